The number of piperidine rings is 1. The number of anilines is 2. The maximum absolute atomic E-state index is 5.43. The molecule has 1 aliphatic heterocycles. The van der Waals surface area contributed by atoms with Crippen molar-refractivity contribution in [1.29, 1.82) is 0 Å². The summed E-state index contributed by atoms with van der Waals surface area (Å²) in [5, 5.41) is 8.79. The number of nitrogens with zero attached hydrogens (tertiary/aromatic N) is 3. The highest BCUT2D eigenvalue weighted by molar-refractivity contribution is 7.73. The molecule has 112 valence electrons. The van der Waals surface area contributed by atoms with Gasteiger partial charge in [0.15, 0.2) is 3.95 Å². The number of likely N-dealkylation sites (tertiary alicyclic amines) is 1. The van der Waals surface area contributed by atoms with Crippen LogP contribution in [0.25, 0.3) is 0 Å². The number of nitrogens with one attached hydrogen (secondary N) is 1. The van der Waals surface area contributed by atoms with Crippen LogP contribution in [0.3, 0.4) is 0 Å². The van der Waals surface area contributed by atoms with Gasteiger partial charge < -0.3 is 5.32 Å². The van der Waals surface area contributed by atoms with E-state index in [2.05, 4.69) is 46.5 Å². The Bertz CT molecular complexity index is 638. The second kappa shape index (κ2) is 6.68. The highest BCUT2D eigenvalue weighted by Crippen LogP contribution is 2.21. The lowest BCUT2D eigenvalue weighted by Gasteiger charge is -2.25. The molecular weight excluding hydrogens is 300 g/mol. The Balaban J connectivity index is 1.68. The van der Waals surface area contributed by atoms with Gasteiger partial charge in [0.1, 0.15) is 0 Å². The average Bonchev–Trinajstić information content (AvgIpc) is 2.82. The number of rotatable bonds is 4. The first-order valence-corrected chi connectivity index (χ1v) is 8.57. The minimum absolute atomic E-state index is 0.810. The second-order valence-corrected chi connectivity index (χ2v) is 7.11. The average molecular weight is 320 g/mol. The van der Waals surface area contributed by atoms with E-state index in [0.29, 0.717) is 0 Å². The van der Waals surface area contributed by atoms with Crippen molar-refractivity contribution < 1.29 is 0 Å². The molecule has 6 heteroatoms. The van der Waals surface area contributed by atoms with E-state index in [4.69, 9.17) is 12.2 Å². The van der Waals surface area contributed by atoms with Crippen molar-refractivity contribution in [1.82, 2.24) is 14.7 Å². The largest absolute Gasteiger partial charge is 0.330 e. The van der Waals surface area contributed by atoms with Crippen LogP contribution in [0.2, 0.25) is 0 Å². The minimum atomic E-state index is 0.810. The topological polar surface area (TPSA) is 33.1 Å². The van der Waals surface area contributed by atoms with E-state index in [0.717, 1.165) is 34.5 Å². The van der Waals surface area contributed by atoms with Crippen LogP contribution in [0.5, 0.6) is 0 Å². The van der Waals surface area contributed by atoms with Crippen molar-refractivity contribution in [3.8, 4) is 0 Å². The number of benzene rings is 1. The maximum Gasteiger partial charge on any atom is 0.209 e. The van der Waals surface area contributed by atoms with Gasteiger partial charge in [0.25, 0.3) is 0 Å². The molecule has 1 aromatic heterocycles. The molecule has 0 unspecified atom stereocenters. The highest BCUT2D eigenvalue weighted by atomic mass is 32.1. The van der Waals surface area contributed by atoms with Crippen LogP contribution < -0.4 is 5.32 Å². The van der Waals surface area contributed by atoms with Gasteiger partial charge in [-0.05, 0) is 57.2 Å². The summed E-state index contributed by atoms with van der Waals surface area (Å²) in [7, 11) is 0. The van der Waals surface area contributed by atoms with Gasteiger partial charge in [-0.3, -0.25) is 4.90 Å². The summed E-state index contributed by atoms with van der Waals surface area (Å²) in [6.45, 7) is 5.20. The van der Waals surface area contributed by atoms with Crippen LogP contribution in [-0.2, 0) is 6.67 Å². The van der Waals surface area contributed by atoms with Gasteiger partial charge in [-0.1, -0.05) is 35.5 Å². The van der Waals surface area contributed by atoms with Gasteiger partial charge in [-0.25, -0.2) is 4.68 Å². The summed E-state index contributed by atoms with van der Waals surface area (Å²) in [5.74, 6) is 0. The second-order valence-electron chi connectivity index (χ2n) is 5.48. The third kappa shape index (κ3) is 3.90. The molecule has 4 nitrogen and oxygen atoms in total. The van der Waals surface area contributed by atoms with Gasteiger partial charge in [0, 0.05) is 5.69 Å². The summed E-state index contributed by atoms with van der Waals surface area (Å²) in [4.78, 5) is 2.43. The van der Waals surface area contributed by atoms with E-state index in [1.807, 2.05) is 4.68 Å². The summed E-state index contributed by atoms with van der Waals surface area (Å²) >= 11 is 6.96. The Labute approximate surface area is 134 Å². The summed E-state index contributed by atoms with van der Waals surface area (Å²) in [6.07, 6.45) is 3.91. The first-order chi connectivity index (χ1) is 10.2. The van der Waals surface area contributed by atoms with Crippen LogP contribution in [-0.4, -0.2) is 27.8 Å². The molecule has 0 amide bonds. The molecule has 0 atom stereocenters. The molecule has 0 radical (unpaired) electrons. The molecule has 21 heavy (non-hydrogen) atoms. The molecule has 0 aliphatic carbocycles. The Morgan fingerprint density at radius 2 is 1.90 bits per heavy atom. The highest BCUT2D eigenvalue weighted by Gasteiger charge is 2.12. The van der Waals surface area contributed by atoms with E-state index in [-0.39, 0.29) is 0 Å². The number of hydrogen-bond donors (Lipinski definition) is 1. The van der Waals surface area contributed by atoms with Crippen LogP contribution >= 0.6 is 23.6 Å². The van der Waals surface area contributed by atoms with Crippen LogP contribution in [0, 0.1) is 10.9 Å². The smallest absolute Gasteiger partial charge is 0.209 e. The lowest BCUT2D eigenvalue weighted by molar-refractivity contribution is 0.173. The minimum Gasteiger partial charge on any atom is -0.330 e. The number of aryl methyl sites for hydroxylation is 1. The molecular formula is C15H20N4S2. The van der Waals surface area contributed by atoms with Gasteiger partial charge in [-0.15, -0.1) is 5.10 Å². The lowest BCUT2D eigenvalue weighted by Crippen LogP contribution is -2.32. The zero-order valence-electron chi connectivity index (χ0n) is 12.2. The van der Waals surface area contributed by atoms with Crippen LogP contribution in [0.1, 0.15) is 24.8 Å². The maximum atomic E-state index is 5.43. The predicted molar refractivity (Wildman–Crippen MR) is 90.8 cm³/mol. The first-order valence-electron chi connectivity index (χ1n) is 7.35. The zero-order valence-corrected chi connectivity index (χ0v) is 13.8. The molecule has 2 aromatic rings. The third-order valence-corrected chi connectivity index (χ3v) is 4.91. The fraction of sp³-hybridized carbons (Fsp3) is 0.467. The summed E-state index contributed by atoms with van der Waals surface area (Å²) < 4.78 is 2.76. The van der Waals surface area contributed by atoms with Gasteiger partial charge in [0.05, 0.1) is 6.67 Å². The SMILES string of the molecule is Cc1ccc(Nc2nn(CN3CCCCC3)c(=S)s2)cc1. The Hall–Kier alpha value is -1.24. The molecule has 1 fully saturated rings. The van der Waals surface area contributed by atoms with E-state index in [1.54, 1.807) is 0 Å². The van der Waals surface area contributed by atoms with Crippen molar-refractivity contribution in [3.63, 3.8) is 0 Å². The van der Waals surface area contributed by atoms with Crippen molar-refractivity contribution >= 4 is 34.4 Å². The van der Waals surface area contributed by atoms with Crippen molar-refractivity contribution in [3.05, 3.63) is 33.8 Å². The van der Waals surface area contributed by atoms with Gasteiger partial charge >= 0.3 is 0 Å². The zero-order chi connectivity index (χ0) is 14.7. The quantitative estimate of drug-likeness (QED) is 0.857. The fourth-order valence-electron chi connectivity index (χ4n) is 2.50. The molecule has 0 saturated carbocycles. The molecule has 1 aliphatic rings. The Kier molecular flexibility index (Phi) is 4.67. The lowest BCUT2D eigenvalue weighted by atomic mass is 10.1. The molecule has 1 aromatic carbocycles. The van der Waals surface area contributed by atoms with E-state index in [1.165, 1.54) is 36.2 Å². The molecule has 3 rings (SSSR count). The van der Waals surface area contributed by atoms with Crippen molar-refractivity contribution in [2.75, 3.05) is 18.4 Å². The Morgan fingerprint density at radius 3 is 2.62 bits per heavy atom. The Morgan fingerprint density at radius 1 is 1.19 bits per heavy atom. The molecule has 1 N–H and O–H groups in total. The summed E-state index contributed by atoms with van der Waals surface area (Å²) in [5.41, 5.74) is 2.30. The van der Waals surface area contributed by atoms with Crippen molar-refractivity contribution in [2.45, 2.75) is 32.9 Å². The van der Waals surface area contributed by atoms with E-state index < -0.39 is 0 Å². The van der Waals surface area contributed by atoms with E-state index >= 15 is 0 Å². The molecule has 2 heterocycles. The molecule has 0 spiro atoms. The molecule has 1 saturated heterocycles. The van der Waals surface area contributed by atoms with Crippen LogP contribution in [0.15, 0.2) is 24.3 Å². The van der Waals surface area contributed by atoms with Gasteiger partial charge in [0.2, 0.25) is 5.13 Å². The normalized spacial score (nSPS) is 16.0. The monoisotopic (exact) mass is 320 g/mol. The summed E-state index contributed by atoms with van der Waals surface area (Å²) in [6, 6.07) is 8.31. The predicted octanol–water partition coefficient (Wildman–Crippen LogP) is 4.17. The molecule has 0 bridgehead atoms. The third-order valence-electron chi connectivity index (χ3n) is 3.69. The fourth-order valence-corrected chi connectivity index (χ4v) is 3.51. The standard InChI is InChI=1S/C15H20N4S2/c1-12-5-7-13(8-6-12)16-14-17-19(15(20)21-14)11-18-9-3-2-4-10-18/h5-8H,2-4,9-11H2,1H3,(H,16,17). The number of hydrogen-bond acceptors (Lipinski definition) is 5. The van der Waals surface area contributed by atoms with Gasteiger partial charge in [-0.2, -0.15) is 0 Å². The first kappa shape index (κ1) is 14.7. The number of aromatic nitrogens is 2. The van der Waals surface area contributed by atoms with Crippen LogP contribution in [0.4, 0.5) is 10.8 Å². The van der Waals surface area contributed by atoms with E-state index in [9.17, 15) is 0 Å². The van der Waals surface area contributed by atoms with Crippen molar-refractivity contribution in [2.24, 2.45) is 0 Å².